The van der Waals surface area contributed by atoms with Gasteiger partial charge in [-0.1, -0.05) is 0 Å². The molecule has 1 aliphatic heterocycles. The van der Waals surface area contributed by atoms with Crippen LogP contribution in [0.5, 0.6) is 0 Å². The Morgan fingerprint density at radius 3 is 3.21 bits per heavy atom. The molecule has 0 amide bonds. The fraction of sp³-hybridized carbons (Fsp3) is 0.600. The number of hydrogen-bond acceptors (Lipinski definition) is 2. The van der Waals surface area contributed by atoms with E-state index in [4.69, 9.17) is 4.74 Å². The van der Waals surface area contributed by atoms with Gasteiger partial charge in [0.2, 0.25) is 0 Å². The minimum absolute atomic E-state index is 0.424. The first-order valence-electron chi connectivity index (χ1n) is 5.00. The lowest BCUT2D eigenvalue weighted by Gasteiger charge is -2.09. The van der Waals surface area contributed by atoms with Gasteiger partial charge >= 0.3 is 0 Å². The third-order valence-electron chi connectivity index (χ3n) is 2.42. The summed E-state index contributed by atoms with van der Waals surface area (Å²) in [6.07, 6.45) is 4.78. The summed E-state index contributed by atoms with van der Waals surface area (Å²) in [6.45, 7) is 2.77. The van der Waals surface area contributed by atoms with Gasteiger partial charge in [-0.2, -0.15) is 0 Å². The highest BCUT2D eigenvalue weighted by molar-refractivity contribution is 9.10. The maximum Gasteiger partial charge on any atom is 0.0700 e. The molecule has 1 aromatic heterocycles. The maximum atomic E-state index is 5.51. The lowest BCUT2D eigenvalue weighted by atomic mass is 10.2. The van der Waals surface area contributed by atoms with Crippen molar-refractivity contribution in [1.82, 2.24) is 10.3 Å². The number of nitrogens with one attached hydrogen (secondary N) is 2. The second-order valence-electron chi connectivity index (χ2n) is 3.61. The van der Waals surface area contributed by atoms with Gasteiger partial charge in [0.15, 0.2) is 0 Å². The average Bonchev–Trinajstić information content (AvgIpc) is 2.77. The molecule has 1 aromatic rings. The Bertz CT molecular complexity index is 281. The van der Waals surface area contributed by atoms with Gasteiger partial charge in [0.1, 0.15) is 0 Å². The molecule has 2 heterocycles. The van der Waals surface area contributed by atoms with Crippen LogP contribution in [-0.4, -0.2) is 24.2 Å². The number of hydrogen-bond donors (Lipinski definition) is 2. The molecule has 1 unspecified atom stereocenters. The maximum absolute atomic E-state index is 5.51. The van der Waals surface area contributed by atoms with Gasteiger partial charge in [-0.25, -0.2) is 0 Å². The molecule has 14 heavy (non-hydrogen) atoms. The third-order valence-corrected chi connectivity index (χ3v) is 2.88. The van der Waals surface area contributed by atoms with E-state index in [0.717, 1.165) is 24.2 Å². The highest BCUT2D eigenvalue weighted by Gasteiger charge is 2.14. The van der Waals surface area contributed by atoms with E-state index in [1.165, 1.54) is 18.5 Å². The van der Waals surface area contributed by atoms with E-state index in [1.54, 1.807) is 0 Å². The van der Waals surface area contributed by atoms with Crippen LogP contribution in [-0.2, 0) is 11.3 Å². The molecule has 1 aliphatic rings. The Labute approximate surface area is 92.4 Å². The fourth-order valence-corrected chi connectivity index (χ4v) is 2.08. The van der Waals surface area contributed by atoms with Crippen LogP contribution in [0.15, 0.2) is 16.7 Å². The summed E-state index contributed by atoms with van der Waals surface area (Å²) in [4.78, 5) is 3.18. The quantitative estimate of drug-likeness (QED) is 0.868. The highest BCUT2D eigenvalue weighted by atomic mass is 79.9. The predicted molar refractivity (Wildman–Crippen MR) is 59.2 cm³/mol. The van der Waals surface area contributed by atoms with E-state index in [-0.39, 0.29) is 0 Å². The van der Waals surface area contributed by atoms with Crippen molar-refractivity contribution in [2.45, 2.75) is 25.5 Å². The summed E-state index contributed by atoms with van der Waals surface area (Å²) in [6, 6.07) is 2.09. The molecule has 2 rings (SSSR count). The van der Waals surface area contributed by atoms with Crippen molar-refractivity contribution < 1.29 is 4.74 Å². The van der Waals surface area contributed by atoms with Crippen LogP contribution in [0.3, 0.4) is 0 Å². The molecule has 78 valence electrons. The van der Waals surface area contributed by atoms with E-state index in [9.17, 15) is 0 Å². The number of aromatic amines is 1. The molecule has 3 nitrogen and oxygen atoms in total. The largest absolute Gasteiger partial charge is 0.377 e. The van der Waals surface area contributed by atoms with Crippen LogP contribution in [0.4, 0.5) is 0 Å². The van der Waals surface area contributed by atoms with E-state index < -0.39 is 0 Å². The summed E-state index contributed by atoms with van der Waals surface area (Å²) >= 11 is 3.41. The average molecular weight is 259 g/mol. The zero-order valence-electron chi connectivity index (χ0n) is 8.05. The van der Waals surface area contributed by atoms with Crippen molar-refractivity contribution in [2.75, 3.05) is 13.2 Å². The van der Waals surface area contributed by atoms with E-state index >= 15 is 0 Å². The van der Waals surface area contributed by atoms with E-state index in [0.29, 0.717) is 6.10 Å². The highest BCUT2D eigenvalue weighted by Crippen LogP contribution is 2.12. The van der Waals surface area contributed by atoms with Gasteiger partial charge in [-0.15, -0.1) is 0 Å². The summed E-state index contributed by atoms with van der Waals surface area (Å²) in [5.41, 5.74) is 1.20. The molecule has 0 radical (unpaired) electrons. The van der Waals surface area contributed by atoms with Crippen molar-refractivity contribution in [1.29, 1.82) is 0 Å². The van der Waals surface area contributed by atoms with Gasteiger partial charge in [0, 0.05) is 36.1 Å². The van der Waals surface area contributed by atoms with Crippen LogP contribution < -0.4 is 5.32 Å². The zero-order valence-corrected chi connectivity index (χ0v) is 9.64. The number of rotatable bonds is 4. The van der Waals surface area contributed by atoms with E-state index in [1.807, 2.05) is 6.20 Å². The first-order valence-corrected chi connectivity index (χ1v) is 5.79. The van der Waals surface area contributed by atoms with Crippen molar-refractivity contribution in [3.63, 3.8) is 0 Å². The van der Waals surface area contributed by atoms with Crippen molar-refractivity contribution in [3.8, 4) is 0 Å². The van der Waals surface area contributed by atoms with E-state index in [2.05, 4.69) is 32.3 Å². The molecule has 2 N–H and O–H groups in total. The SMILES string of the molecule is Brc1c[nH]c(CNCC2CCCO2)c1. The van der Waals surface area contributed by atoms with Gasteiger partial charge in [0.25, 0.3) is 0 Å². The summed E-state index contributed by atoms with van der Waals surface area (Å²) in [5.74, 6) is 0. The predicted octanol–water partition coefficient (Wildman–Crippen LogP) is 2.05. The first kappa shape index (κ1) is 10.2. The van der Waals surface area contributed by atoms with Gasteiger partial charge in [0.05, 0.1) is 6.10 Å². The molecule has 0 saturated carbocycles. The van der Waals surface area contributed by atoms with Crippen LogP contribution in [0.2, 0.25) is 0 Å². The molecular weight excluding hydrogens is 244 g/mol. The molecule has 1 saturated heterocycles. The van der Waals surface area contributed by atoms with Crippen molar-refractivity contribution in [2.24, 2.45) is 0 Å². The van der Waals surface area contributed by atoms with Crippen LogP contribution in [0.25, 0.3) is 0 Å². The van der Waals surface area contributed by atoms with Crippen molar-refractivity contribution >= 4 is 15.9 Å². The van der Waals surface area contributed by atoms with Gasteiger partial charge in [-0.3, -0.25) is 0 Å². The summed E-state index contributed by atoms with van der Waals surface area (Å²) in [5, 5.41) is 3.38. The smallest absolute Gasteiger partial charge is 0.0700 e. The summed E-state index contributed by atoms with van der Waals surface area (Å²) < 4.78 is 6.62. The number of halogens is 1. The second-order valence-corrected chi connectivity index (χ2v) is 4.52. The standard InChI is InChI=1S/C10H15BrN2O/c11-8-4-9(13-5-8)6-12-7-10-2-1-3-14-10/h4-5,10,12-13H,1-3,6-7H2. The molecule has 1 fully saturated rings. The normalized spacial score (nSPS) is 21.6. The summed E-state index contributed by atoms with van der Waals surface area (Å²) in [7, 11) is 0. The minimum atomic E-state index is 0.424. The first-order chi connectivity index (χ1) is 6.84. The molecular formula is C10H15BrN2O. The van der Waals surface area contributed by atoms with Gasteiger partial charge in [-0.05, 0) is 34.8 Å². The Balaban J connectivity index is 1.67. The Morgan fingerprint density at radius 2 is 2.57 bits per heavy atom. The van der Waals surface area contributed by atoms with Crippen LogP contribution in [0, 0.1) is 0 Å². The lowest BCUT2D eigenvalue weighted by molar-refractivity contribution is 0.110. The molecule has 0 aliphatic carbocycles. The van der Waals surface area contributed by atoms with Gasteiger partial charge < -0.3 is 15.0 Å². The zero-order chi connectivity index (χ0) is 9.80. The Hall–Kier alpha value is -0.320. The number of aromatic nitrogens is 1. The molecule has 1 atom stereocenters. The Kier molecular flexibility index (Phi) is 3.61. The van der Waals surface area contributed by atoms with Crippen LogP contribution in [0.1, 0.15) is 18.5 Å². The minimum Gasteiger partial charge on any atom is -0.377 e. The topological polar surface area (TPSA) is 37.0 Å². The monoisotopic (exact) mass is 258 g/mol. The number of H-pyrrole nitrogens is 1. The lowest BCUT2D eigenvalue weighted by Crippen LogP contribution is -2.25. The second kappa shape index (κ2) is 4.96. The molecule has 4 heteroatoms. The molecule has 0 bridgehead atoms. The van der Waals surface area contributed by atoms with Crippen molar-refractivity contribution in [3.05, 3.63) is 22.4 Å². The number of ether oxygens (including phenoxy) is 1. The Morgan fingerprint density at radius 1 is 1.64 bits per heavy atom. The third kappa shape index (κ3) is 2.83. The fourth-order valence-electron chi connectivity index (χ4n) is 1.69. The molecule has 0 spiro atoms. The van der Waals surface area contributed by atoms with Crippen LogP contribution >= 0.6 is 15.9 Å². The molecule has 0 aromatic carbocycles.